The summed E-state index contributed by atoms with van der Waals surface area (Å²) in [5.41, 5.74) is 3.91. The van der Waals surface area contributed by atoms with E-state index in [1.165, 1.54) is 16.7 Å². The molecule has 1 N–H and O–H groups in total. The van der Waals surface area contributed by atoms with E-state index in [-0.39, 0.29) is 6.42 Å². The molecule has 0 aliphatic heterocycles. The van der Waals surface area contributed by atoms with Crippen molar-refractivity contribution in [3.63, 3.8) is 0 Å². The summed E-state index contributed by atoms with van der Waals surface area (Å²) in [6, 6.07) is 6.57. The molecule has 0 aliphatic rings. The van der Waals surface area contributed by atoms with Gasteiger partial charge in [-0.1, -0.05) is 36.2 Å². The van der Waals surface area contributed by atoms with Crippen molar-refractivity contribution in [1.82, 2.24) is 0 Å². The Bertz CT molecular complexity index is 368. The van der Waals surface area contributed by atoms with Gasteiger partial charge in [0.05, 0.1) is 0 Å². The van der Waals surface area contributed by atoms with Crippen molar-refractivity contribution in [2.24, 2.45) is 0 Å². The van der Waals surface area contributed by atoms with Crippen LogP contribution in [0.15, 0.2) is 18.2 Å². The van der Waals surface area contributed by atoms with Crippen molar-refractivity contribution >= 4 is 17.7 Å². The fourth-order valence-electron chi connectivity index (χ4n) is 1.80. The summed E-state index contributed by atoms with van der Waals surface area (Å²) in [7, 11) is 0. The van der Waals surface area contributed by atoms with Crippen LogP contribution in [-0.2, 0) is 10.5 Å². The molecule has 1 atom stereocenters. The van der Waals surface area contributed by atoms with Gasteiger partial charge in [0, 0.05) is 17.4 Å². The number of thioether (sulfide) groups is 1. The molecule has 0 saturated heterocycles. The minimum absolute atomic E-state index is 0.265. The van der Waals surface area contributed by atoms with E-state index in [4.69, 9.17) is 5.11 Å². The highest BCUT2D eigenvalue weighted by Crippen LogP contribution is 2.22. The molecular formula is C14H20O2S. The van der Waals surface area contributed by atoms with E-state index in [0.717, 1.165) is 12.2 Å². The normalized spacial score (nSPS) is 12.4. The van der Waals surface area contributed by atoms with Crippen LogP contribution in [0.3, 0.4) is 0 Å². The van der Waals surface area contributed by atoms with E-state index in [1.807, 2.05) is 11.8 Å². The van der Waals surface area contributed by atoms with Crippen LogP contribution >= 0.6 is 11.8 Å². The minimum atomic E-state index is -0.705. The highest BCUT2D eigenvalue weighted by Gasteiger charge is 2.06. The van der Waals surface area contributed by atoms with Crippen LogP contribution in [0.5, 0.6) is 0 Å². The molecule has 3 heteroatoms. The van der Waals surface area contributed by atoms with E-state index in [9.17, 15) is 4.79 Å². The Hall–Kier alpha value is -0.960. The van der Waals surface area contributed by atoms with Crippen LogP contribution in [0.25, 0.3) is 0 Å². The lowest BCUT2D eigenvalue weighted by molar-refractivity contribution is -0.137. The number of rotatable bonds is 6. The zero-order chi connectivity index (χ0) is 12.8. The molecule has 0 aliphatic carbocycles. The van der Waals surface area contributed by atoms with Gasteiger partial charge in [-0.3, -0.25) is 4.79 Å². The Kier molecular flexibility index (Phi) is 5.56. The number of carbonyl (C=O) groups is 1. The first-order chi connectivity index (χ1) is 7.97. The van der Waals surface area contributed by atoms with Crippen molar-refractivity contribution < 1.29 is 9.90 Å². The van der Waals surface area contributed by atoms with E-state index < -0.39 is 5.97 Å². The van der Waals surface area contributed by atoms with Gasteiger partial charge in [0.1, 0.15) is 0 Å². The molecule has 0 aromatic heterocycles. The van der Waals surface area contributed by atoms with Crippen molar-refractivity contribution in [2.45, 2.75) is 44.6 Å². The topological polar surface area (TPSA) is 37.3 Å². The molecule has 0 spiro atoms. The number of hydrogen-bond acceptors (Lipinski definition) is 2. The van der Waals surface area contributed by atoms with Gasteiger partial charge in [0.15, 0.2) is 0 Å². The van der Waals surface area contributed by atoms with Gasteiger partial charge in [0.25, 0.3) is 0 Å². The number of benzene rings is 1. The monoisotopic (exact) mass is 252 g/mol. The SMILES string of the molecule is Cc1cc(C)cc(CSC(C)CCC(=O)O)c1. The molecule has 17 heavy (non-hydrogen) atoms. The average molecular weight is 252 g/mol. The number of hydrogen-bond donors (Lipinski definition) is 1. The maximum Gasteiger partial charge on any atom is 0.303 e. The van der Waals surface area contributed by atoms with Crippen LogP contribution in [0, 0.1) is 13.8 Å². The molecule has 0 radical (unpaired) electrons. The number of aliphatic carboxylic acids is 1. The van der Waals surface area contributed by atoms with E-state index in [0.29, 0.717) is 5.25 Å². The third kappa shape index (κ3) is 5.78. The molecule has 1 rings (SSSR count). The smallest absolute Gasteiger partial charge is 0.303 e. The Balaban J connectivity index is 2.41. The Morgan fingerprint density at radius 2 is 1.88 bits per heavy atom. The maximum absolute atomic E-state index is 10.5. The van der Waals surface area contributed by atoms with Crippen molar-refractivity contribution in [3.8, 4) is 0 Å². The Morgan fingerprint density at radius 1 is 1.29 bits per heavy atom. The van der Waals surface area contributed by atoms with E-state index in [1.54, 1.807) is 0 Å². The van der Waals surface area contributed by atoms with Gasteiger partial charge in [-0.15, -0.1) is 0 Å². The van der Waals surface area contributed by atoms with Crippen LogP contribution in [0.4, 0.5) is 0 Å². The lowest BCUT2D eigenvalue weighted by atomic mass is 10.1. The molecule has 0 saturated carbocycles. The molecule has 1 unspecified atom stereocenters. The largest absolute Gasteiger partial charge is 0.481 e. The van der Waals surface area contributed by atoms with Crippen molar-refractivity contribution in [2.75, 3.05) is 0 Å². The highest BCUT2D eigenvalue weighted by molar-refractivity contribution is 7.99. The second-order valence-electron chi connectivity index (χ2n) is 4.55. The number of aryl methyl sites for hydroxylation is 2. The summed E-state index contributed by atoms with van der Waals surface area (Å²) in [5.74, 6) is 0.257. The number of carboxylic acids is 1. The molecule has 1 aromatic carbocycles. The first-order valence-corrected chi connectivity index (χ1v) is 6.93. The van der Waals surface area contributed by atoms with Gasteiger partial charge in [-0.05, 0) is 25.8 Å². The quantitative estimate of drug-likeness (QED) is 0.837. The predicted molar refractivity (Wildman–Crippen MR) is 73.5 cm³/mol. The predicted octanol–water partition coefficient (Wildman–Crippen LogP) is 3.79. The second kappa shape index (κ2) is 6.70. The fraction of sp³-hybridized carbons (Fsp3) is 0.500. The van der Waals surface area contributed by atoms with Crippen LogP contribution in [-0.4, -0.2) is 16.3 Å². The molecule has 94 valence electrons. The first-order valence-electron chi connectivity index (χ1n) is 5.88. The fourth-order valence-corrected chi connectivity index (χ4v) is 2.73. The first kappa shape index (κ1) is 14.1. The summed E-state index contributed by atoms with van der Waals surface area (Å²) in [5, 5.41) is 9.01. The molecule has 0 amide bonds. The summed E-state index contributed by atoms with van der Waals surface area (Å²) < 4.78 is 0. The highest BCUT2D eigenvalue weighted by atomic mass is 32.2. The van der Waals surface area contributed by atoms with E-state index >= 15 is 0 Å². The van der Waals surface area contributed by atoms with Crippen molar-refractivity contribution in [3.05, 3.63) is 34.9 Å². The van der Waals surface area contributed by atoms with Gasteiger partial charge < -0.3 is 5.11 Å². The standard InChI is InChI=1S/C14H20O2S/c1-10-6-11(2)8-13(7-10)9-17-12(3)4-5-14(15)16/h6-8,12H,4-5,9H2,1-3H3,(H,15,16). The number of carboxylic acid groups (broad SMARTS) is 1. The zero-order valence-electron chi connectivity index (χ0n) is 10.7. The van der Waals surface area contributed by atoms with E-state index in [2.05, 4.69) is 39.0 Å². The molecule has 0 fully saturated rings. The summed E-state index contributed by atoms with van der Waals surface area (Å²) in [6.07, 6.45) is 1.01. The van der Waals surface area contributed by atoms with Gasteiger partial charge in [0.2, 0.25) is 0 Å². The van der Waals surface area contributed by atoms with Crippen LogP contribution in [0.2, 0.25) is 0 Å². The summed E-state index contributed by atoms with van der Waals surface area (Å²) in [6.45, 7) is 6.31. The Morgan fingerprint density at radius 3 is 2.41 bits per heavy atom. The maximum atomic E-state index is 10.5. The third-order valence-electron chi connectivity index (χ3n) is 2.58. The van der Waals surface area contributed by atoms with Crippen molar-refractivity contribution in [1.29, 1.82) is 0 Å². The molecule has 2 nitrogen and oxygen atoms in total. The lowest BCUT2D eigenvalue weighted by Crippen LogP contribution is -2.02. The minimum Gasteiger partial charge on any atom is -0.481 e. The van der Waals surface area contributed by atoms with Gasteiger partial charge in [-0.2, -0.15) is 11.8 Å². The average Bonchev–Trinajstić information content (AvgIpc) is 2.22. The molecule has 1 aromatic rings. The van der Waals surface area contributed by atoms with Gasteiger partial charge in [-0.25, -0.2) is 0 Å². The van der Waals surface area contributed by atoms with Crippen LogP contribution < -0.4 is 0 Å². The molecular weight excluding hydrogens is 232 g/mol. The third-order valence-corrected chi connectivity index (χ3v) is 3.89. The molecule has 0 heterocycles. The summed E-state index contributed by atoms with van der Waals surface area (Å²) >= 11 is 1.83. The van der Waals surface area contributed by atoms with Gasteiger partial charge >= 0.3 is 5.97 Å². The zero-order valence-corrected chi connectivity index (χ0v) is 11.5. The summed E-state index contributed by atoms with van der Waals surface area (Å²) in [4.78, 5) is 10.5. The molecule has 0 bridgehead atoms. The van der Waals surface area contributed by atoms with Crippen LogP contribution in [0.1, 0.15) is 36.5 Å². The Labute approximate surface area is 107 Å². The lowest BCUT2D eigenvalue weighted by Gasteiger charge is -2.10. The second-order valence-corrected chi connectivity index (χ2v) is 5.98.